The number of alkyl carbamates (subject to hydrolysis) is 1. The zero-order valence-electron chi connectivity index (χ0n) is 27.5. The highest BCUT2D eigenvalue weighted by molar-refractivity contribution is 5.90. The van der Waals surface area contributed by atoms with Gasteiger partial charge in [0.2, 0.25) is 11.9 Å². The Kier molecular flexibility index (Phi) is 10.4. The number of nitrogens with zero attached hydrogens (tertiary/aromatic N) is 5. The van der Waals surface area contributed by atoms with E-state index in [0.717, 1.165) is 48.0 Å². The Bertz CT molecular complexity index is 1610. The molecule has 0 radical (unpaired) electrons. The second-order valence-electron chi connectivity index (χ2n) is 13.3. The molecule has 1 atom stereocenters. The second kappa shape index (κ2) is 14.6. The van der Waals surface area contributed by atoms with Crippen LogP contribution in [0.3, 0.4) is 0 Å². The quantitative estimate of drug-likeness (QED) is 0.208. The summed E-state index contributed by atoms with van der Waals surface area (Å²) >= 11 is 0. The molecule has 0 spiro atoms. The van der Waals surface area contributed by atoms with Crippen molar-refractivity contribution in [1.82, 2.24) is 30.2 Å². The van der Waals surface area contributed by atoms with Gasteiger partial charge in [0.1, 0.15) is 17.5 Å². The highest BCUT2D eigenvalue weighted by Gasteiger charge is 2.28. The lowest BCUT2D eigenvalue weighted by molar-refractivity contribution is -0.123. The second-order valence-corrected chi connectivity index (χ2v) is 13.3. The third kappa shape index (κ3) is 9.18. The van der Waals surface area contributed by atoms with Gasteiger partial charge >= 0.3 is 6.09 Å². The third-order valence-electron chi connectivity index (χ3n) is 8.07. The molecule has 0 bridgehead atoms. The fourth-order valence-corrected chi connectivity index (χ4v) is 5.79. The number of nitrogens with one attached hydrogen (secondary N) is 3. The van der Waals surface area contributed by atoms with Crippen LogP contribution in [0.4, 0.5) is 16.6 Å². The van der Waals surface area contributed by atoms with E-state index in [1.165, 1.54) is 0 Å². The van der Waals surface area contributed by atoms with Crippen LogP contribution in [0.2, 0.25) is 0 Å². The topological polar surface area (TPSA) is 126 Å². The number of ether oxygens (including phenoxy) is 1. The number of imidazole rings is 1. The maximum atomic E-state index is 13.4. The summed E-state index contributed by atoms with van der Waals surface area (Å²) in [5.41, 5.74) is 2.10. The van der Waals surface area contributed by atoms with Crippen LogP contribution in [-0.2, 0) is 22.5 Å². The van der Waals surface area contributed by atoms with Crippen molar-refractivity contribution in [2.24, 2.45) is 5.92 Å². The number of fused-ring (bicyclic) bond motifs is 1. The van der Waals surface area contributed by atoms with Crippen molar-refractivity contribution in [1.29, 1.82) is 0 Å². The Morgan fingerprint density at radius 1 is 1.00 bits per heavy atom. The molecule has 0 unspecified atom stereocenters. The summed E-state index contributed by atoms with van der Waals surface area (Å²) in [4.78, 5) is 42.2. The number of anilines is 2. The van der Waals surface area contributed by atoms with Crippen molar-refractivity contribution in [3.8, 4) is 0 Å². The van der Waals surface area contributed by atoms with Crippen LogP contribution in [0.1, 0.15) is 57.7 Å². The van der Waals surface area contributed by atoms with E-state index in [9.17, 15) is 9.59 Å². The van der Waals surface area contributed by atoms with Gasteiger partial charge in [0.15, 0.2) is 0 Å². The average molecular weight is 627 g/mol. The van der Waals surface area contributed by atoms with Crippen LogP contribution in [0.15, 0.2) is 67.1 Å². The summed E-state index contributed by atoms with van der Waals surface area (Å²) in [6.45, 7) is 6.60. The van der Waals surface area contributed by atoms with Gasteiger partial charge in [-0.05, 0) is 70.1 Å². The summed E-state index contributed by atoms with van der Waals surface area (Å²) < 4.78 is 7.44. The summed E-state index contributed by atoms with van der Waals surface area (Å²) in [5, 5.41) is 10.5. The zero-order chi connectivity index (χ0) is 32.7. The first kappa shape index (κ1) is 32.7. The molecule has 2 amide bonds. The van der Waals surface area contributed by atoms with E-state index >= 15 is 0 Å². The molecule has 46 heavy (non-hydrogen) atoms. The molecule has 1 fully saturated rings. The number of para-hydroxylation sites is 1. The van der Waals surface area contributed by atoms with Crippen molar-refractivity contribution in [3.05, 3.63) is 78.4 Å². The molecule has 1 aliphatic carbocycles. The van der Waals surface area contributed by atoms with E-state index in [2.05, 4.69) is 33.1 Å². The van der Waals surface area contributed by atoms with Gasteiger partial charge in [0, 0.05) is 51.2 Å². The number of benzene rings is 2. The fourth-order valence-electron chi connectivity index (χ4n) is 5.79. The molecule has 1 aliphatic rings. The average Bonchev–Trinajstić information content (AvgIpc) is 3.45. The molecule has 11 nitrogen and oxygen atoms in total. The minimum Gasteiger partial charge on any atom is -0.444 e. The molecule has 2 aromatic carbocycles. The Labute approximate surface area is 271 Å². The van der Waals surface area contributed by atoms with E-state index in [1.54, 1.807) is 27.1 Å². The first-order valence-corrected chi connectivity index (χ1v) is 16.0. The van der Waals surface area contributed by atoms with Crippen LogP contribution >= 0.6 is 0 Å². The summed E-state index contributed by atoms with van der Waals surface area (Å²) in [5.74, 6) is 1.62. The van der Waals surface area contributed by atoms with E-state index in [-0.39, 0.29) is 18.4 Å². The molecular formula is C35H46N8O3. The van der Waals surface area contributed by atoms with Gasteiger partial charge in [-0.2, -0.15) is 4.98 Å². The molecule has 2 aromatic heterocycles. The summed E-state index contributed by atoms with van der Waals surface area (Å²) in [7, 11) is 3.98. The smallest absolute Gasteiger partial charge is 0.408 e. The van der Waals surface area contributed by atoms with Gasteiger partial charge in [0.05, 0.1) is 17.5 Å². The van der Waals surface area contributed by atoms with Crippen molar-refractivity contribution in [3.63, 3.8) is 0 Å². The van der Waals surface area contributed by atoms with Crippen LogP contribution < -0.4 is 20.9 Å². The Hall–Kier alpha value is -4.67. The highest BCUT2D eigenvalue weighted by atomic mass is 16.6. The SMILES string of the molecule is CN(C)c1nc(N[C@H]2CC[C@@H](CNC(=O)[C@H](Cc3cn(Cc4ccccc4)cn3)NC(=O)OC(C)(C)C)CC2)nc2ccccc12. The standard InChI is InChI=1S/C35H46N8O3/c1-35(2,3)46-34(45)40-30(19-27-22-43(23-37-27)21-25-11-7-6-8-12-25)32(44)36-20-24-15-17-26(18-16-24)38-33-39-29-14-10-9-13-28(29)31(41-33)42(4)5/h6-14,22-24,26,30H,15-21H2,1-5H3,(H,36,44)(H,40,45)(H,38,39,41)/t24-,26+,30-/m0/s1. The van der Waals surface area contributed by atoms with E-state index in [1.807, 2.05) is 72.2 Å². The van der Waals surface area contributed by atoms with Crippen molar-refractivity contribution >= 4 is 34.7 Å². The number of hydrogen-bond acceptors (Lipinski definition) is 8. The minimum absolute atomic E-state index is 0.246. The van der Waals surface area contributed by atoms with Gasteiger partial charge in [-0.1, -0.05) is 42.5 Å². The zero-order valence-corrected chi connectivity index (χ0v) is 27.5. The number of amides is 2. The number of carbonyl (C=O) groups excluding carboxylic acids is 2. The lowest BCUT2D eigenvalue weighted by Gasteiger charge is -2.30. The number of rotatable bonds is 11. The molecule has 4 aromatic rings. The number of aromatic nitrogens is 4. The number of carbonyl (C=O) groups is 2. The Balaban J connectivity index is 1.15. The maximum absolute atomic E-state index is 13.4. The molecule has 5 rings (SSSR count). The molecule has 0 saturated heterocycles. The van der Waals surface area contributed by atoms with Crippen molar-refractivity contribution in [2.45, 2.75) is 77.1 Å². The molecule has 3 N–H and O–H groups in total. The summed E-state index contributed by atoms with van der Waals surface area (Å²) in [6.07, 6.45) is 7.11. The predicted octanol–water partition coefficient (Wildman–Crippen LogP) is 5.16. The van der Waals surface area contributed by atoms with Gasteiger partial charge in [-0.25, -0.2) is 14.8 Å². The lowest BCUT2D eigenvalue weighted by Crippen LogP contribution is -2.50. The Morgan fingerprint density at radius 3 is 2.43 bits per heavy atom. The molecule has 0 aliphatic heterocycles. The van der Waals surface area contributed by atoms with Gasteiger partial charge in [0.25, 0.3) is 0 Å². The van der Waals surface area contributed by atoms with Crippen molar-refractivity contribution in [2.75, 3.05) is 30.9 Å². The Morgan fingerprint density at radius 2 is 1.72 bits per heavy atom. The van der Waals surface area contributed by atoms with Gasteiger partial charge in [-0.15, -0.1) is 0 Å². The summed E-state index contributed by atoms with van der Waals surface area (Å²) in [6, 6.07) is 17.6. The molecule has 1 saturated carbocycles. The largest absolute Gasteiger partial charge is 0.444 e. The predicted molar refractivity (Wildman–Crippen MR) is 181 cm³/mol. The number of hydrogen-bond donors (Lipinski definition) is 3. The monoisotopic (exact) mass is 626 g/mol. The van der Waals surface area contributed by atoms with Gasteiger partial charge < -0.3 is 30.2 Å². The maximum Gasteiger partial charge on any atom is 0.408 e. The van der Waals surface area contributed by atoms with Crippen molar-refractivity contribution < 1.29 is 14.3 Å². The van der Waals surface area contributed by atoms with Gasteiger partial charge in [-0.3, -0.25) is 4.79 Å². The van der Waals surface area contributed by atoms with Crippen LogP contribution in [0.5, 0.6) is 0 Å². The highest BCUT2D eigenvalue weighted by Crippen LogP contribution is 2.28. The van der Waals surface area contributed by atoms with Crippen LogP contribution in [-0.4, -0.2) is 69.8 Å². The van der Waals surface area contributed by atoms with Crippen LogP contribution in [0, 0.1) is 5.92 Å². The third-order valence-corrected chi connectivity index (χ3v) is 8.07. The fraction of sp³-hybridized carbons (Fsp3) is 0.457. The first-order valence-electron chi connectivity index (χ1n) is 16.0. The van der Waals surface area contributed by atoms with E-state index < -0.39 is 17.7 Å². The molecule has 244 valence electrons. The first-order chi connectivity index (χ1) is 22.0. The minimum atomic E-state index is -0.816. The molecular weight excluding hydrogens is 580 g/mol. The molecule has 11 heteroatoms. The van der Waals surface area contributed by atoms with E-state index in [4.69, 9.17) is 14.7 Å². The van der Waals surface area contributed by atoms with E-state index in [0.29, 0.717) is 30.6 Å². The normalized spacial score (nSPS) is 17.2. The lowest BCUT2D eigenvalue weighted by atomic mass is 9.86. The van der Waals surface area contributed by atoms with Crippen LogP contribution in [0.25, 0.3) is 10.9 Å². The molecule has 2 heterocycles.